The fourth-order valence-corrected chi connectivity index (χ4v) is 2.32. The van der Waals surface area contributed by atoms with Gasteiger partial charge in [0.1, 0.15) is 5.82 Å². The molecule has 1 aromatic heterocycles. The quantitative estimate of drug-likeness (QED) is 0.841. The van der Waals surface area contributed by atoms with E-state index in [1.54, 1.807) is 12.1 Å². The lowest BCUT2D eigenvalue weighted by atomic mass is 10.2. The van der Waals surface area contributed by atoms with Crippen LogP contribution < -0.4 is 5.32 Å². The van der Waals surface area contributed by atoms with Gasteiger partial charge in [0, 0.05) is 11.2 Å². The summed E-state index contributed by atoms with van der Waals surface area (Å²) < 4.78 is 15.6. The van der Waals surface area contributed by atoms with Gasteiger partial charge >= 0.3 is 0 Å². The molecule has 0 saturated heterocycles. The van der Waals surface area contributed by atoms with E-state index in [2.05, 4.69) is 24.3 Å². The number of nitrogens with one attached hydrogen (secondary N) is 1. The monoisotopic (exact) mass is 295 g/mol. The second-order valence-electron chi connectivity index (χ2n) is 4.74. The number of hydrogen-bond acceptors (Lipinski definition) is 2. The molecule has 0 aliphatic carbocycles. The predicted molar refractivity (Wildman–Crippen MR) is 80.6 cm³/mol. The highest BCUT2D eigenvalue weighted by atomic mass is 35.5. The largest absolute Gasteiger partial charge is 0.377 e. The van der Waals surface area contributed by atoms with Crippen LogP contribution in [-0.2, 0) is 6.54 Å². The van der Waals surface area contributed by atoms with Crippen molar-refractivity contribution in [1.29, 1.82) is 0 Å². The second kappa shape index (κ2) is 6.75. The van der Waals surface area contributed by atoms with Gasteiger partial charge < -0.3 is 5.32 Å². The highest BCUT2D eigenvalue weighted by Crippen LogP contribution is 2.20. The summed E-state index contributed by atoms with van der Waals surface area (Å²) in [6.45, 7) is 4.79. The summed E-state index contributed by atoms with van der Waals surface area (Å²) in [5, 5.41) is 7.95. The van der Waals surface area contributed by atoms with Crippen LogP contribution in [0.4, 0.5) is 10.1 Å². The van der Waals surface area contributed by atoms with Gasteiger partial charge in [-0.2, -0.15) is 5.10 Å². The molecule has 0 saturated carbocycles. The lowest BCUT2D eigenvalue weighted by Gasteiger charge is -2.12. The summed E-state index contributed by atoms with van der Waals surface area (Å²) in [5.41, 5.74) is 1.33. The molecule has 2 rings (SSSR count). The molecule has 0 bridgehead atoms. The van der Waals surface area contributed by atoms with E-state index < -0.39 is 0 Å². The maximum Gasteiger partial charge on any atom is 0.147 e. The number of hydrogen-bond donors (Lipinski definition) is 1. The number of benzene rings is 1. The molecule has 5 heteroatoms. The summed E-state index contributed by atoms with van der Waals surface area (Å²) in [6.07, 6.45) is 4.08. The molecule has 0 radical (unpaired) electrons. The molecule has 108 valence electrons. The third-order valence-electron chi connectivity index (χ3n) is 3.37. The Bertz CT molecular complexity index is 564. The summed E-state index contributed by atoms with van der Waals surface area (Å²) in [5.74, 6) is -0.350. The van der Waals surface area contributed by atoms with Gasteiger partial charge in [0.2, 0.25) is 0 Å². The number of nitrogens with zero attached hydrogens (tertiary/aromatic N) is 2. The van der Waals surface area contributed by atoms with E-state index in [9.17, 15) is 4.39 Å². The Morgan fingerprint density at radius 3 is 2.70 bits per heavy atom. The zero-order chi connectivity index (χ0) is 14.5. The van der Waals surface area contributed by atoms with E-state index in [4.69, 9.17) is 11.6 Å². The Morgan fingerprint density at radius 1 is 1.30 bits per heavy atom. The predicted octanol–water partition coefficient (Wildman–Crippen LogP) is 4.65. The van der Waals surface area contributed by atoms with Crippen molar-refractivity contribution in [2.75, 3.05) is 5.32 Å². The SMILES string of the molecule is CCC(CC)n1ccc(CNc2ccc(Cl)cc2F)n1. The van der Waals surface area contributed by atoms with Gasteiger partial charge in [-0.1, -0.05) is 25.4 Å². The normalized spacial score (nSPS) is 11.1. The van der Waals surface area contributed by atoms with Crippen molar-refractivity contribution in [1.82, 2.24) is 9.78 Å². The number of rotatable bonds is 6. The Labute approximate surface area is 123 Å². The highest BCUT2D eigenvalue weighted by molar-refractivity contribution is 6.30. The molecule has 0 atom stereocenters. The van der Waals surface area contributed by atoms with Crippen molar-refractivity contribution < 1.29 is 4.39 Å². The first kappa shape index (κ1) is 14.9. The maximum absolute atomic E-state index is 13.6. The van der Waals surface area contributed by atoms with E-state index >= 15 is 0 Å². The van der Waals surface area contributed by atoms with Crippen LogP contribution in [0.3, 0.4) is 0 Å². The fraction of sp³-hybridized carbons (Fsp3) is 0.400. The molecule has 0 spiro atoms. The van der Waals surface area contributed by atoms with Crippen molar-refractivity contribution in [3.63, 3.8) is 0 Å². The summed E-state index contributed by atoms with van der Waals surface area (Å²) >= 11 is 5.72. The molecule has 0 fully saturated rings. The molecule has 1 heterocycles. The van der Waals surface area contributed by atoms with Crippen LogP contribution in [0.25, 0.3) is 0 Å². The van der Waals surface area contributed by atoms with Crippen molar-refractivity contribution in [3.05, 3.63) is 47.0 Å². The van der Waals surface area contributed by atoms with Gasteiger partial charge in [-0.15, -0.1) is 0 Å². The van der Waals surface area contributed by atoms with Crippen LogP contribution in [0, 0.1) is 5.82 Å². The molecule has 1 N–H and O–H groups in total. The van der Waals surface area contributed by atoms with E-state index in [0.717, 1.165) is 18.5 Å². The van der Waals surface area contributed by atoms with Crippen molar-refractivity contribution >= 4 is 17.3 Å². The molecule has 1 aromatic carbocycles. The van der Waals surface area contributed by atoms with Crippen molar-refractivity contribution in [2.45, 2.75) is 39.3 Å². The minimum Gasteiger partial charge on any atom is -0.377 e. The standard InChI is InChI=1S/C15H19ClFN3/c1-3-13(4-2)20-8-7-12(19-20)10-18-15-6-5-11(16)9-14(15)17/h5-9,13,18H,3-4,10H2,1-2H3. The van der Waals surface area contributed by atoms with Gasteiger partial charge in [0.15, 0.2) is 0 Å². The first-order chi connectivity index (χ1) is 9.63. The molecule has 2 aromatic rings. The first-order valence-corrected chi connectivity index (χ1v) is 7.24. The minimum absolute atomic E-state index is 0.350. The number of aromatic nitrogens is 2. The molecule has 20 heavy (non-hydrogen) atoms. The Kier molecular flexibility index (Phi) is 5.01. The van der Waals surface area contributed by atoms with E-state index in [0.29, 0.717) is 23.3 Å². The van der Waals surface area contributed by atoms with Crippen LogP contribution in [-0.4, -0.2) is 9.78 Å². The second-order valence-corrected chi connectivity index (χ2v) is 5.17. The average molecular weight is 296 g/mol. The lowest BCUT2D eigenvalue weighted by Crippen LogP contribution is -2.09. The lowest BCUT2D eigenvalue weighted by molar-refractivity contribution is 0.426. The molecular weight excluding hydrogens is 277 g/mol. The molecule has 0 aliphatic rings. The first-order valence-electron chi connectivity index (χ1n) is 6.87. The Hall–Kier alpha value is -1.55. The molecule has 0 unspecified atom stereocenters. The van der Waals surface area contributed by atoms with Gasteiger partial charge in [-0.05, 0) is 37.1 Å². The van der Waals surface area contributed by atoms with Crippen LogP contribution >= 0.6 is 11.6 Å². The molecule has 0 amide bonds. The van der Waals surface area contributed by atoms with Gasteiger partial charge in [0.05, 0.1) is 24.0 Å². The van der Waals surface area contributed by atoms with Crippen molar-refractivity contribution in [3.8, 4) is 0 Å². The maximum atomic E-state index is 13.6. The third kappa shape index (κ3) is 3.51. The Morgan fingerprint density at radius 2 is 2.05 bits per heavy atom. The highest BCUT2D eigenvalue weighted by Gasteiger charge is 2.08. The van der Waals surface area contributed by atoms with Crippen LogP contribution in [0.1, 0.15) is 38.4 Å². The van der Waals surface area contributed by atoms with E-state index in [1.165, 1.54) is 6.07 Å². The minimum atomic E-state index is -0.350. The molecule has 3 nitrogen and oxygen atoms in total. The molecular formula is C15H19ClFN3. The molecule has 0 aliphatic heterocycles. The van der Waals surface area contributed by atoms with Crippen LogP contribution in [0.2, 0.25) is 5.02 Å². The summed E-state index contributed by atoms with van der Waals surface area (Å²) in [6, 6.07) is 6.98. The van der Waals surface area contributed by atoms with E-state index in [-0.39, 0.29) is 5.82 Å². The summed E-state index contributed by atoms with van der Waals surface area (Å²) in [7, 11) is 0. The third-order valence-corrected chi connectivity index (χ3v) is 3.61. The number of halogens is 2. The summed E-state index contributed by atoms with van der Waals surface area (Å²) in [4.78, 5) is 0. The average Bonchev–Trinajstić information content (AvgIpc) is 2.88. The smallest absolute Gasteiger partial charge is 0.147 e. The fourth-order valence-electron chi connectivity index (χ4n) is 2.16. The zero-order valence-electron chi connectivity index (χ0n) is 11.7. The van der Waals surface area contributed by atoms with Gasteiger partial charge in [-0.25, -0.2) is 4.39 Å². The van der Waals surface area contributed by atoms with E-state index in [1.807, 2.05) is 16.9 Å². The van der Waals surface area contributed by atoms with Crippen LogP contribution in [0.5, 0.6) is 0 Å². The van der Waals surface area contributed by atoms with Gasteiger partial charge in [-0.3, -0.25) is 4.68 Å². The van der Waals surface area contributed by atoms with Crippen LogP contribution in [0.15, 0.2) is 30.5 Å². The zero-order valence-corrected chi connectivity index (χ0v) is 12.5. The Balaban J connectivity index is 2.00. The topological polar surface area (TPSA) is 29.9 Å². The number of anilines is 1. The van der Waals surface area contributed by atoms with Gasteiger partial charge in [0.25, 0.3) is 0 Å². The van der Waals surface area contributed by atoms with Crippen molar-refractivity contribution in [2.24, 2.45) is 0 Å².